The minimum absolute atomic E-state index is 0.00574. The molecule has 3 nitrogen and oxygen atoms in total. The quantitative estimate of drug-likeness (QED) is 0.851. The molecule has 1 saturated carbocycles. The van der Waals surface area contributed by atoms with Gasteiger partial charge in [-0.15, -0.1) is 0 Å². The summed E-state index contributed by atoms with van der Waals surface area (Å²) in [6, 6.07) is 5.45. The van der Waals surface area contributed by atoms with E-state index < -0.39 is 0 Å². The summed E-state index contributed by atoms with van der Waals surface area (Å²) < 4.78 is 0. The van der Waals surface area contributed by atoms with E-state index >= 15 is 0 Å². The lowest BCUT2D eigenvalue weighted by Crippen LogP contribution is -2.36. The van der Waals surface area contributed by atoms with Crippen molar-refractivity contribution in [2.45, 2.75) is 32.7 Å². The van der Waals surface area contributed by atoms with E-state index in [-0.39, 0.29) is 5.91 Å². The van der Waals surface area contributed by atoms with Gasteiger partial charge in [0.05, 0.1) is 5.56 Å². The summed E-state index contributed by atoms with van der Waals surface area (Å²) in [5.74, 6) is 0.459. The molecule has 0 spiro atoms. The largest absolute Gasteiger partial charge is 0.398 e. The van der Waals surface area contributed by atoms with Gasteiger partial charge < -0.3 is 10.6 Å². The normalized spacial score (nSPS) is 14.9. The Morgan fingerprint density at radius 2 is 2.17 bits per heavy atom. The first kappa shape index (κ1) is 13.2. The summed E-state index contributed by atoms with van der Waals surface area (Å²) in [5.41, 5.74) is 6.90. The molecule has 0 saturated heterocycles. The predicted octanol–water partition coefficient (Wildman–Crippen LogP) is 3.18. The Morgan fingerprint density at radius 1 is 1.50 bits per heavy atom. The van der Waals surface area contributed by atoms with Crippen LogP contribution in [-0.2, 0) is 0 Å². The third-order valence-electron chi connectivity index (χ3n) is 3.06. The Labute approximate surface area is 113 Å². The van der Waals surface area contributed by atoms with Crippen LogP contribution in [0.25, 0.3) is 0 Å². The van der Waals surface area contributed by atoms with Gasteiger partial charge in [-0.1, -0.05) is 25.4 Å². The molecule has 1 aromatic rings. The maximum Gasteiger partial charge on any atom is 0.256 e. The molecule has 0 aromatic heterocycles. The van der Waals surface area contributed by atoms with Crippen molar-refractivity contribution in [3.63, 3.8) is 0 Å². The van der Waals surface area contributed by atoms with Crippen molar-refractivity contribution in [3.8, 4) is 0 Å². The number of rotatable bonds is 4. The van der Waals surface area contributed by atoms with Crippen molar-refractivity contribution in [3.05, 3.63) is 28.8 Å². The highest BCUT2D eigenvalue weighted by Gasteiger charge is 2.33. The Kier molecular flexibility index (Phi) is 3.81. The molecule has 18 heavy (non-hydrogen) atoms. The number of anilines is 1. The molecule has 0 radical (unpaired) electrons. The zero-order valence-corrected chi connectivity index (χ0v) is 11.6. The number of amides is 1. The van der Waals surface area contributed by atoms with Crippen LogP contribution in [0.5, 0.6) is 0 Å². The topological polar surface area (TPSA) is 46.3 Å². The number of nitrogens with zero attached hydrogens (tertiary/aromatic N) is 1. The van der Waals surface area contributed by atoms with Crippen LogP contribution < -0.4 is 5.73 Å². The van der Waals surface area contributed by atoms with Gasteiger partial charge in [0.2, 0.25) is 0 Å². The monoisotopic (exact) mass is 266 g/mol. The van der Waals surface area contributed by atoms with Crippen molar-refractivity contribution in [2.75, 3.05) is 12.3 Å². The smallest absolute Gasteiger partial charge is 0.256 e. The van der Waals surface area contributed by atoms with Gasteiger partial charge in [-0.25, -0.2) is 0 Å². The molecule has 1 fully saturated rings. The van der Waals surface area contributed by atoms with Crippen LogP contribution in [0.2, 0.25) is 5.02 Å². The Hall–Kier alpha value is -1.22. The highest BCUT2D eigenvalue weighted by molar-refractivity contribution is 6.31. The van der Waals surface area contributed by atoms with Gasteiger partial charge in [-0.3, -0.25) is 4.79 Å². The van der Waals surface area contributed by atoms with Crippen molar-refractivity contribution in [1.82, 2.24) is 4.90 Å². The van der Waals surface area contributed by atoms with Crippen LogP contribution in [0.15, 0.2) is 18.2 Å². The Bertz CT molecular complexity index is 455. The molecule has 1 amide bonds. The molecular formula is C14H19ClN2O. The lowest BCUT2D eigenvalue weighted by Gasteiger charge is -2.25. The van der Waals surface area contributed by atoms with Gasteiger partial charge in [0.1, 0.15) is 0 Å². The summed E-state index contributed by atoms with van der Waals surface area (Å²) in [5, 5.41) is 0.549. The lowest BCUT2D eigenvalue weighted by atomic mass is 10.1. The lowest BCUT2D eigenvalue weighted by molar-refractivity contribution is 0.0723. The van der Waals surface area contributed by atoms with Crippen molar-refractivity contribution in [1.29, 1.82) is 0 Å². The van der Waals surface area contributed by atoms with E-state index in [2.05, 4.69) is 13.8 Å². The highest BCUT2D eigenvalue weighted by Crippen LogP contribution is 2.30. The van der Waals surface area contributed by atoms with E-state index in [0.717, 1.165) is 19.4 Å². The Morgan fingerprint density at radius 3 is 2.72 bits per heavy atom. The molecule has 1 aliphatic rings. The number of halogens is 1. The van der Waals surface area contributed by atoms with Crippen molar-refractivity contribution < 1.29 is 4.79 Å². The summed E-state index contributed by atoms with van der Waals surface area (Å²) in [6.45, 7) is 5.00. The standard InChI is InChI=1S/C14H19ClN2O/c1-9(2)8-17(11-4-5-11)14(18)12-7-10(15)3-6-13(12)16/h3,6-7,9,11H,4-5,8,16H2,1-2H3. The van der Waals surface area contributed by atoms with Gasteiger partial charge in [-0.05, 0) is 37.0 Å². The molecule has 1 aromatic carbocycles. The first-order valence-corrected chi connectivity index (χ1v) is 6.73. The molecular weight excluding hydrogens is 248 g/mol. The molecule has 2 N–H and O–H groups in total. The average molecular weight is 267 g/mol. The van der Waals surface area contributed by atoms with Gasteiger partial charge in [0.25, 0.3) is 5.91 Å². The fourth-order valence-electron chi connectivity index (χ4n) is 2.05. The zero-order chi connectivity index (χ0) is 13.3. The maximum atomic E-state index is 12.5. The molecule has 2 rings (SSSR count). The number of carbonyl (C=O) groups is 1. The van der Waals surface area contributed by atoms with Crippen LogP contribution in [0.3, 0.4) is 0 Å². The average Bonchev–Trinajstić information content (AvgIpc) is 3.12. The SMILES string of the molecule is CC(C)CN(C(=O)c1cc(Cl)ccc1N)C1CC1. The highest BCUT2D eigenvalue weighted by atomic mass is 35.5. The zero-order valence-electron chi connectivity index (χ0n) is 10.8. The Balaban J connectivity index is 2.24. The van der Waals surface area contributed by atoms with E-state index in [1.165, 1.54) is 0 Å². The molecule has 0 atom stereocenters. The van der Waals surface area contributed by atoms with Gasteiger partial charge in [-0.2, -0.15) is 0 Å². The van der Waals surface area contributed by atoms with Crippen molar-refractivity contribution >= 4 is 23.2 Å². The minimum atomic E-state index is 0.00574. The molecule has 0 aliphatic heterocycles. The maximum absolute atomic E-state index is 12.5. The first-order valence-electron chi connectivity index (χ1n) is 6.35. The van der Waals surface area contributed by atoms with Crippen LogP contribution in [0, 0.1) is 5.92 Å². The number of nitrogens with two attached hydrogens (primary N) is 1. The van der Waals surface area contributed by atoms with Crippen LogP contribution in [0.1, 0.15) is 37.0 Å². The van der Waals surface area contributed by atoms with Crippen LogP contribution >= 0.6 is 11.6 Å². The van der Waals surface area contributed by atoms with Crippen molar-refractivity contribution in [2.24, 2.45) is 5.92 Å². The fraction of sp³-hybridized carbons (Fsp3) is 0.500. The predicted molar refractivity (Wildman–Crippen MR) is 74.8 cm³/mol. The summed E-state index contributed by atoms with van der Waals surface area (Å²) in [6.07, 6.45) is 2.19. The molecule has 1 aliphatic carbocycles. The third-order valence-corrected chi connectivity index (χ3v) is 3.29. The number of nitrogen functional groups attached to an aromatic ring is 1. The van der Waals surface area contributed by atoms with E-state index in [4.69, 9.17) is 17.3 Å². The molecule has 0 heterocycles. The van der Waals surface area contributed by atoms with E-state index in [9.17, 15) is 4.79 Å². The second-order valence-electron chi connectivity index (χ2n) is 5.31. The second kappa shape index (κ2) is 5.19. The summed E-state index contributed by atoms with van der Waals surface area (Å²) in [7, 11) is 0. The fourth-order valence-corrected chi connectivity index (χ4v) is 2.22. The molecule has 0 bridgehead atoms. The number of benzene rings is 1. The number of carbonyl (C=O) groups excluding carboxylic acids is 1. The third kappa shape index (κ3) is 2.96. The van der Waals surface area contributed by atoms with E-state index in [1.807, 2.05) is 4.90 Å². The van der Waals surface area contributed by atoms with Gasteiger partial charge in [0.15, 0.2) is 0 Å². The van der Waals surface area contributed by atoms with Crippen LogP contribution in [0.4, 0.5) is 5.69 Å². The van der Waals surface area contributed by atoms with E-state index in [0.29, 0.717) is 28.2 Å². The van der Waals surface area contributed by atoms with Crippen LogP contribution in [-0.4, -0.2) is 23.4 Å². The van der Waals surface area contributed by atoms with E-state index in [1.54, 1.807) is 18.2 Å². The minimum Gasteiger partial charge on any atom is -0.398 e. The first-order chi connectivity index (χ1) is 8.49. The van der Waals surface area contributed by atoms with Gasteiger partial charge >= 0.3 is 0 Å². The summed E-state index contributed by atoms with van der Waals surface area (Å²) >= 11 is 5.94. The molecule has 0 unspecified atom stereocenters. The number of hydrogen-bond acceptors (Lipinski definition) is 2. The molecule has 98 valence electrons. The summed E-state index contributed by atoms with van der Waals surface area (Å²) in [4.78, 5) is 14.5. The van der Waals surface area contributed by atoms with Gasteiger partial charge in [0, 0.05) is 23.3 Å². The molecule has 4 heteroatoms. The second-order valence-corrected chi connectivity index (χ2v) is 5.75. The number of hydrogen-bond donors (Lipinski definition) is 1.